The van der Waals surface area contributed by atoms with Crippen molar-refractivity contribution in [1.29, 1.82) is 0 Å². The van der Waals surface area contributed by atoms with Crippen LogP contribution in [0, 0.1) is 5.82 Å². The third-order valence-corrected chi connectivity index (χ3v) is 2.39. The Labute approximate surface area is 97.8 Å². The van der Waals surface area contributed by atoms with Crippen LogP contribution in [-0.4, -0.2) is 0 Å². The van der Waals surface area contributed by atoms with E-state index < -0.39 is 0 Å². The second kappa shape index (κ2) is 4.41. The second-order valence-electron chi connectivity index (χ2n) is 3.34. The van der Waals surface area contributed by atoms with Crippen molar-refractivity contribution in [3.05, 3.63) is 53.3 Å². The van der Waals surface area contributed by atoms with E-state index in [4.69, 9.17) is 17.3 Å². The summed E-state index contributed by atoms with van der Waals surface area (Å²) in [5.74, 6) is -0.368. The van der Waals surface area contributed by atoms with Crippen LogP contribution in [0.4, 0.5) is 21.5 Å². The van der Waals surface area contributed by atoms with Crippen molar-refractivity contribution in [2.45, 2.75) is 0 Å². The SMILES string of the molecule is Nc1ccccc1Nc1cc(Cl)ccc1F. The smallest absolute Gasteiger partial charge is 0.146 e. The Kier molecular flexibility index (Phi) is 2.97. The molecule has 0 aromatic heterocycles. The maximum absolute atomic E-state index is 13.4. The van der Waals surface area contributed by atoms with E-state index in [-0.39, 0.29) is 5.82 Å². The summed E-state index contributed by atoms with van der Waals surface area (Å²) in [5, 5.41) is 3.37. The molecule has 2 rings (SSSR count). The minimum absolute atomic E-state index is 0.311. The summed E-state index contributed by atoms with van der Waals surface area (Å²) in [6, 6.07) is 11.5. The minimum atomic E-state index is -0.368. The highest BCUT2D eigenvalue weighted by molar-refractivity contribution is 6.30. The van der Waals surface area contributed by atoms with Crippen LogP contribution in [0.25, 0.3) is 0 Å². The number of hydrogen-bond acceptors (Lipinski definition) is 2. The van der Waals surface area contributed by atoms with Gasteiger partial charge in [0.25, 0.3) is 0 Å². The molecule has 0 heterocycles. The van der Waals surface area contributed by atoms with Gasteiger partial charge in [-0.05, 0) is 30.3 Å². The lowest BCUT2D eigenvalue weighted by molar-refractivity contribution is 0.632. The maximum Gasteiger partial charge on any atom is 0.146 e. The van der Waals surface area contributed by atoms with Gasteiger partial charge in [0.05, 0.1) is 17.1 Å². The highest BCUT2D eigenvalue weighted by Crippen LogP contribution is 2.26. The molecule has 3 N–H and O–H groups in total. The molecular formula is C12H10ClFN2. The lowest BCUT2D eigenvalue weighted by Crippen LogP contribution is -1.97. The van der Waals surface area contributed by atoms with Crippen LogP contribution in [0.2, 0.25) is 5.02 Å². The van der Waals surface area contributed by atoms with Gasteiger partial charge in [0.1, 0.15) is 5.82 Å². The zero-order valence-corrected chi connectivity index (χ0v) is 9.13. The fourth-order valence-electron chi connectivity index (χ4n) is 1.35. The van der Waals surface area contributed by atoms with Gasteiger partial charge in [0.2, 0.25) is 0 Å². The molecule has 0 aliphatic heterocycles. The molecule has 0 radical (unpaired) electrons. The van der Waals surface area contributed by atoms with Crippen molar-refractivity contribution in [2.24, 2.45) is 0 Å². The maximum atomic E-state index is 13.4. The summed E-state index contributed by atoms with van der Waals surface area (Å²) in [4.78, 5) is 0. The van der Waals surface area contributed by atoms with E-state index in [0.29, 0.717) is 22.1 Å². The average Bonchev–Trinajstić information content (AvgIpc) is 2.27. The summed E-state index contributed by atoms with van der Waals surface area (Å²) in [6.07, 6.45) is 0. The molecule has 2 aromatic rings. The van der Waals surface area contributed by atoms with Crippen LogP contribution >= 0.6 is 11.6 Å². The number of benzene rings is 2. The normalized spacial score (nSPS) is 10.1. The molecule has 0 unspecified atom stereocenters. The van der Waals surface area contributed by atoms with Gasteiger partial charge in [-0.25, -0.2) is 4.39 Å². The monoisotopic (exact) mass is 236 g/mol. The number of nitrogens with one attached hydrogen (secondary N) is 1. The topological polar surface area (TPSA) is 38.0 Å². The van der Waals surface area contributed by atoms with Crippen LogP contribution in [0.5, 0.6) is 0 Å². The van der Waals surface area contributed by atoms with Gasteiger partial charge < -0.3 is 11.1 Å². The van der Waals surface area contributed by atoms with Gasteiger partial charge in [-0.2, -0.15) is 0 Å². The Balaban J connectivity index is 2.34. The number of nitrogens with two attached hydrogens (primary N) is 1. The Morgan fingerprint density at radius 3 is 2.56 bits per heavy atom. The van der Waals surface area contributed by atoms with Gasteiger partial charge in [-0.1, -0.05) is 23.7 Å². The Morgan fingerprint density at radius 2 is 1.81 bits per heavy atom. The zero-order valence-electron chi connectivity index (χ0n) is 8.37. The Morgan fingerprint density at radius 1 is 1.06 bits per heavy atom. The van der Waals surface area contributed by atoms with Crippen molar-refractivity contribution >= 4 is 28.7 Å². The van der Waals surface area contributed by atoms with Crippen LogP contribution in [0.15, 0.2) is 42.5 Å². The minimum Gasteiger partial charge on any atom is -0.397 e. The molecule has 2 aromatic carbocycles. The number of halogens is 2. The Bertz CT molecular complexity index is 514. The molecule has 0 atom stereocenters. The average molecular weight is 237 g/mol. The van der Waals surface area contributed by atoms with Crippen molar-refractivity contribution in [3.63, 3.8) is 0 Å². The lowest BCUT2D eigenvalue weighted by atomic mass is 10.2. The van der Waals surface area contributed by atoms with Crippen molar-refractivity contribution in [2.75, 3.05) is 11.1 Å². The molecular weight excluding hydrogens is 227 g/mol. The standard InChI is InChI=1S/C12H10ClFN2/c13-8-5-6-9(14)12(7-8)16-11-4-2-1-3-10(11)15/h1-7,16H,15H2. The van der Waals surface area contributed by atoms with E-state index in [9.17, 15) is 4.39 Å². The molecule has 0 fully saturated rings. The molecule has 0 spiro atoms. The number of rotatable bonds is 2. The van der Waals surface area contributed by atoms with E-state index in [1.165, 1.54) is 18.2 Å². The molecule has 0 saturated carbocycles. The largest absolute Gasteiger partial charge is 0.397 e. The summed E-state index contributed by atoms with van der Waals surface area (Å²) >= 11 is 5.78. The number of anilines is 3. The second-order valence-corrected chi connectivity index (χ2v) is 3.77. The van der Waals surface area contributed by atoms with Crippen LogP contribution in [0.1, 0.15) is 0 Å². The molecule has 82 valence electrons. The first-order valence-electron chi connectivity index (χ1n) is 4.73. The highest BCUT2D eigenvalue weighted by atomic mass is 35.5. The quantitative estimate of drug-likeness (QED) is 0.779. The number of para-hydroxylation sites is 2. The van der Waals surface area contributed by atoms with Crippen molar-refractivity contribution < 1.29 is 4.39 Å². The summed E-state index contributed by atoms with van der Waals surface area (Å²) in [5.41, 5.74) is 7.26. The highest BCUT2D eigenvalue weighted by Gasteiger charge is 2.04. The third kappa shape index (κ3) is 2.25. The predicted octanol–water partition coefficient (Wildman–Crippen LogP) is 3.80. The van der Waals surface area contributed by atoms with Gasteiger partial charge in [-0.3, -0.25) is 0 Å². The molecule has 0 saturated heterocycles. The first-order valence-corrected chi connectivity index (χ1v) is 5.11. The fraction of sp³-hybridized carbons (Fsp3) is 0. The number of nitrogen functional groups attached to an aromatic ring is 1. The molecule has 0 bridgehead atoms. The molecule has 0 amide bonds. The van der Waals surface area contributed by atoms with Gasteiger partial charge >= 0.3 is 0 Å². The van der Waals surface area contributed by atoms with E-state index in [1.54, 1.807) is 12.1 Å². The van der Waals surface area contributed by atoms with Gasteiger partial charge in [0, 0.05) is 5.02 Å². The van der Waals surface area contributed by atoms with Crippen LogP contribution < -0.4 is 11.1 Å². The van der Waals surface area contributed by atoms with E-state index in [1.807, 2.05) is 12.1 Å². The third-order valence-electron chi connectivity index (χ3n) is 2.16. The molecule has 0 aliphatic rings. The first kappa shape index (κ1) is 10.8. The van der Waals surface area contributed by atoms with Crippen molar-refractivity contribution in [3.8, 4) is 0 Å². The van der Waals surface area contributed by atoms with E-state index in [0.717, 1.165) is 0 Å². The summed E-state index contributed by atoms with van der Waals surface area (Å²) in [7, 11) is 0. The van der Waals surface area contributed by atoms with Gasteiger partial charge in [-0.15, -0.1) is 0 Å². The van der Waals surface area contributed by atoms with Crippen molar-refractivity contribution in [1.82, 2.24) is 0 Å². The summed E-state index contributed by atoms with van der Waals surface area (Å²) in [6.45, 7) is 0. The molecule has 0 aliphatic carbocycles. The fourth-order valence-corrected chi connectivity index (χ4v) is 1.52. The molecule has 16 heavy (non-hydrogen) atoms. The first-order chi connectivity index (χ1) is 7.66. The predicted molar refractivity (Wildman–Crippen MR) is 65.5 cm³/mol. The van der Waals surface area contributed by atoms with Crippen LogP contribution in [0.3, 0.4) is 0 Å². The zero-order chi connectivity index (χ0) is 11.5. The molecule has 2 nitrogen and oxygen atoms in total. The Hall–Kier alpha value is -1.74. The molecule has 4 heteroatoms. The van der Waals surface area contributed by atoms with Crippen LogP contribution in [-0.2, 0) is 0 Å². The number of hydrogen-bond donors (Lipinski definition) is 2. The van der Waals surface area contributed by atoms with E-state index >= 15 is 0 Å². The van der Waals surface area contributed by atoms with Gasteiger partial charge in [0.15, 0.2) is 0 Å². The van der Waals surface area contributed by atoms with E-state index in [2.05, 4.69) is 5.32 Å². The summed E-state index contributed by atoms with van der Waals surface area (Å²) < 4.78 is 13.4. The lowest BCUT2D eigenvalue weighted by Gasteiger charge is -2.10.